The Kier molecular flexibility index (Phi) is 5.66. The van der Waals surface area contributed by atoms with Crippen LogP contribution < -0.4 is 5.32 Å². The van der Waals surface area contributed by atoms with Gasteiger partial charge in [-0.25, -0.2) is 4.39 Å². The summed E-state index contributed by atoms with van der Waals surface area (Å²) in [4.78, 5) is 26.7. The molecule has 0 spiro atoms. The molecule has 136 valence electrons. The zero-order valence-electron chi connectivity index (χ0n) is 14.9. The molecule has 5 heteroatoms. The van der Waals surface area contributed by atoms with Crippen molar-refractivity contribution in [3.63, 3.8) is 0 Å². The van der Waals surface area contributed by atoms with Crippen LogP contribution in [0.25, 0.3) is 0 Å². The van der Waals surface area contributed by atoms with E-state index >= 15 is 0 Å². The van der Waals surface area contributed by atoms with E-state index in [1.165, 1.54) is 12.1 Å². The largest absolute Gasteiger partial charge is 0.342 e. The third-order valence-corrected chi connectivity index (χ3v) is 4.77. The van der Waals surface area contributed by atoms with Gasteiger partial charge in [-0.3, -0.25) is 9.59 Å². The van der Waals surface area contributed by atoms with E-state index in [2.05, 4.69) is 5.32 Å². The van der Waals surface area contributed by atoms with Crippen LogP contribution in [-0.4, -0.2) is 29.8 Å². The molecule has 2 aromatic rings. The van der Waals surface area contributed by atoms with Crippen molar-refractivity contribution < 1.29 is 14.0 Å². The highest BCUT2D eigenvalue weighted by Crippen LogP contribution is 2.20. The number of piperidine rings is 1. The number of rotatable bonds is 4. The summed E-state index contributed by atoms with van der Waals surface area (Å²) in [7, 11) is 0. The number of anilines is 1. The molecule has 0 unspecified atom stereocenters. The first-order valence-corrected chi connectivity index (χ1v) is 8.91. The van der Waals surface area contributed by atoms with Crippen LogP contribution in [0.5, 0.6) is 0 Å². The second-order valence-corrected chi connectivity index (χ2v) is 6.82. The molecule has 1 N–H and O–H groups in total. The number of likely N-dealkylation sites (tertiary alicyclic amines) is 1. The third kappa shape index (κ3) is 4.69. The summed E-state index contributed by atoms with van der Waals surface area (Å²) in [5.74, 6) is -0.415. The molecule has 1 aliphatic rings. The van der Waals surface area contributed by atoms with Crippen LogP contribution >= 0.6 is 0 Å². The highest BCUT2D eigenvalue weighted by Gasteiger charge is 2.27. The maximum atomic E-state index is 12.9. The number of halogens is 1. The Labute approximate surface area is 153 Å². The zero-order valence-corrected chi connectivity index (χ0v) is 14.9. The summed E-state index contributed by atoms with van der Waals surface area (Å²) in [5, 5.41) is 2.82. The average Bonchev–Trinajstić information content (AvgIpc) is 2.64. The number of aryl methyl sites for hydroxylation is 1. The van der Waals surface area contributed by atoms with Crippen LogP contribution in [0.1, 0.15) is 24.0 Å². The number of hydrogen-bond donors (Lipinski definition) is 1. The van der Waals surface area contributed by atoms with E-state index in [0.29, 0.717) is 38.0 Å². The molecule has 0 aromatic heterocycles. The van der Waals surface area contributed by atoms with Crippen molar-refractivity contribution in [2.75, 3.05) is 18.4 Å². The van der Waals surface area contributed by atoms with Gasteiger partial charge in [0.2, 0.25) is 11.8 Å². The van der Waals surface area contributed by atoms with Gasteiger partial charge in [0.15, 0.2) is 0 Å². The first-order valence-electron chi connectivity index (χ1n) is 8.91. The van der Waals surface area contributed by atoms with Gasteiger partial charge in [-0.2, -0.15) is 0 Å². The molecule has 1 aliphatic heterocycles. The van der Waals surface area contributed by atoms with Crippen LogP contribution in [0.3, 0.4) is 0 Å². The summed E-state index contributed by atoms with van der Waals surface area (Å²) >= 11 is 0. The van der Waals surface area contributed by atoms with Crippen molar-refractivity contribution in [1.29, 1.82) is 0 Å². The molecule has 0 bridgehead atoms. The van der Waals surface area contributed by atoms with Gasteiger partial charge in [0.25, 0.3) is 0 Å². The predicted molar refractivity (Wildman–Crippen MR) is 99.2 cm³/mol. The Morgan fingerprint density at radius 2 is 1.81 bits per heavy atom. The van der Waals surface area contributed by atoms with Crippen molar-refractivity contribution in [2.45, 2.75) is 26.2 Å². The minimum atomic E-state index is -0.330. The Morgan fingerprint density at radius 3 is 2.46 bits per heavy atom. The van der Waals surface area contributed by atoms with Crippen LogP contribution in [0.2, 0.25) is 0 Å². The molecule has 26 heavy (non-hydrogen) atoms. The molecule has 1 saturated heterocycles. The minimum Gasteiger partial charge on any atom is -0.342 e. The lowest BCUT2D eigenvalue weighted by atomic mass is 9.95. The molecule has 4 nitrogen and oxygen atoms in total. The number of nitrogens with zero attached hydrogens (tertiary/aromatic N) is 1. The molecule has 0 aliphatic carbocycles. The zero-order chi connectivity index (χ0) is 18.5. The second-order valence-electron chi connectivity index (χ2n) is 6.82. The SMILES string of the molecule is Cc1cccc(CC(=O)N2CCC(C(=O)Nc3ccc(F)cc3)CC2)c1. The number of benzene rings is 2. The summed E-state index contributed by atoms with van der Waals surface area (Å²) < 4.78 is 12.9. The lowest BCUT2D eigenvalue weighted by Gasteiger charge is -2.31. The fraction of sp³-hybridized carbons (Fsp3) is 0.333. The Hall–Kier alpha value is -2.69. The van der Waals surface area contributed by atoms with Gasteiger partial charge < -0.3 is 10.2 Å². The molecule has 1 heterocycles. The normalized spacial score (nSPS) is 14.9. The fourth-order valence-electron chi connectivity index (χ4n) is 3.28. The lowest BCUT2D eigenvalue weighted by Crippen LogP contribution is -2.42. The molecular weight excluding hydrogens is 331 g/mol. The molecule has 0 saturated carbocycles. The van der Waals surface area contributed by atoms with Crippen LogP contribution in [-0.2, 0) is 16.0 Å². The van der Waals surface area contributed by atoms with Crippen LogP contribution in [0.4, 0.5) is 10.1 Å². The standard InChI is InChI=1S/C21H23FN2O2/c1-15-3-2-4-16(13-15)14-20(25)24-11-9-17(10-12-24)21(26)23-19-7-5-18(22)6-8-19/h2-8,13,17H,9-12,14H2,1H3,(H,23,26). The Balaban J connectivity index is 1.49. The minimum absolute atomic E-state index is 0.0672. The summed E-state index contributed by atoms with van der Waals surface area (Å²) in [6.07, 6.45) is 1.69. The van der Waals surface area contributed by atoms with Gasteiger partial charge in [0, 0.05) is 24.7 Å². The maximum absolute atomic E-state index is 12.9. The van der Waals surface area contributed by atoms with Gasteiger partial charge in [0.1, 0.15) is 5.82 Å². The molecule has 2 amide bonds. The summed E-state index contributed by atoms with van der Waals surface area (Å²) in [5.41, 5.74) is 2.76. The first kappa shape index (κ1) is 18.1. The molecule has 1 fully saturated rings. The van der Waals surface area contributed by atoms with Gasteiger partial charge in [-0.1, -0.05) is 29.8 Å². The van der Waals surface area contributed by atoms with Gasteiger partial charge >= 0.3 is 0 Å². The summed E-state index contributed by atoms with van der Waals surface area (Å²) in [6, 6.07) is 13.7. The first-order chi connectivity index (χ1) is 12.5. The molecule has 3 rings (SSSR count). The van der Waals surface area contributed by atoms with Crippen LogP contribution in [0, 0.1) is 18.7 Å². The van der Waals surface area contributed by atoms with Crippen molar-refractivity contribution >= 4 is 17.5 Å². The number of amides is 2. The van der Waals surface area contributed by atoms with E-state index in [0.717, 1.165) is 11.1 Å². The predicted octanol–water partition coefficient (Wildman–Crippen LogP) is 3.55. The van der Waals surface area contributed by atoms with Gasteiger partial charge in [-0.05, 0) is 49.6 Å². The average molecular weight is 354 g/mol. The van der Waals surface area contributed by atoms with E-state index in [4.69, 9.17) is 0 Å². The number of nitrogens with one attached hydrogen (secondary N) is 1. The smallest absolute Gasteiger partial charge is 0.227 e. The quantitative estimate of drug-likeness (QED) is 0.913. The Bertz CT molecular complexity index is 781. The topological polar surface area (TPSA) is 49.4 Å². The van der Waals surface area contributed by atoms with E-state index in [-0.39, 0.29) is 23.5 Å². The summed E-state index contributed by atoms with van der Waals surface area (Å²) in [6.45, 7) is 3.19. The Morgan fingerprint density at radius 1 is 1.12 bits per heavy atom. The third-order valence-electron chi connectivity index (χ3n) is 4.77. The van der Waals surface area contributed by atoms with E-state index in [9.17, 15) is 14.0 Å². The van der Waals surface area contributed by atoms with Crippen molar-refractivity contribution in [3.05, 3.63) is 65.5 Å². The van der Waals surface area contributed by atoms with E-state index in [1.807, 2.05) is 36.1 Å². The number of hydrogen-bond acceptors (Lipinski definition) is 2. The second kappa shape index (κ2) is 8.13. The van der Waals surface area contributed by atoms with Crippen molar-refractivity contribution in [2.24, 2.45) is 5.92 Å². The molecular formula is C21H23FN2O2. The van der Waals surface area contributed by atoms with Crippen molar-refractivity contribution in [1.82, 2.24) is 4.90 Å². The monoisotopic (exact) mass is 354 g/mol. The molecule has 0 radical (unpaired) electrons. The molecule has 0 atom stereocenters. The van der Waals surface area contributed by atoms with Crippen molar-refractivity contribution in [3.8, 4) is 0 Å². The fourth-order valence-corrected chi connectivity index (χ4v) is 3.28. The molecule has 2 aromatic carbocycles. The van der Waals surface area contributed by atoms with E-state index in [1.54, 1.807) is 12.1 Å². The van der Waals surface area contributed by atoms with Crippen LogP contribution in [0.15, 0.2) is 48.5 Å². The maximum Gasteiger partial charge on any atom is 0.227 e. The highest BCUT2D eigenvalue weighted by atomic mass is 19.1. The number of carbonyl (C=O) groups is 2. The lowest BCUT2D eigenvalue weighted by molar-refractivity contribution is -0.133. The van der Waals surface area contributed by atoms with E-state index < -0.39 is 0 Å². The number of carbonyl (C=O) groups excluding carboxylic acids is 2. The highest BCUT2D eigenvalue weighted by molar-refractivity contribution is 5.92. The van der Waals surface area contributed by atoms with Gasteiger partial charge in [0.05, 0.1) is 6.42 Å². The van der Waals surface area contributed by atoms with Gasteiger partial charge in [-0.15, -0.1) is 0 Å².